The van der Waals surface area contributed by atoms with Gasteiger partial charge in [0.1, 0.15) is 5.82 Å². The minimum atomic E-state index is 0.319. The second-order valence-electron chi connectivity index (χ2n) is 4.91. The van der Waals surface area contributed by atoms with Gasteiger partial charge in [-0.05, 0) is 30.9 Å². The molecule has 0 fully saturated rings. The van der Waals surface area contributed by atoms with E-state index in [0.717, 1.165) is 25.2 Å². The average Bonchev–Trinajstić information content (AvgIpc) is 2.88. The molecule has 1 N–H and O–H groups in total. The third kappa shape index (κ3) is 3.64. The maximum absolute atomic E-state index is 4.46. The number of nitrogens with one attached hydrogen (secondary N) is 1. The van der Waals surface area contributed by atoms with E-state index >= 15 is 0 Å². The van der Waals surface area contributed by atoms with Crippen LogP contribution in [0.3, 0.4) is 0 Å². The number of benzene rings is 1. The zero-order valence-electron chi connectivity index (χ0n) is 12.5. The standard InChI is InChI=1S/C16H23N3S/c1-4-9-17-14(12-16-18-10-11-19(16)2)13-7-5-6-8-15(13)20-3/h5-8,10-11,14,17H,4,9,12H2,1-3H3. The van der Waals surface area contributed by atoms with Crippen LogP contribution >= 0.6 is 11.8 Å². The maximum Gasteiger partial charge on any atom is 0.110 e. The van der Waals surface area contributed by atoms with Crippen LogP contribution in [0.1, 0.15) is 30.8 Å². The Kier molecular flexibility index (Phi) is 5.68. The van der Waals surface area contributed by atoms with Gasteiger partial charge in [-0.25, -0.2) is 4.98 Å². The van der Waals surface area contributed by atoms with Crippen molar-refractivity contribution in [2.75, 3.05) is 12.8 Å². The molecular weight excluding hydrogens is 266 g/mol. The van der Waals surface area contributed by atoms with Crippen molar-refractivity contribution in [3.05, 3.63) is 48.0 Å². The molecule has 108 valence electrons. The zero-order chi connectivity index (χ0) is 14.4. The fourth-order valence-electron chi connectivity index (χ4n) is 2.34. The highest BCUT2D eigenvalue weighted by atomic mass is 32.2. The van der Waals surface area contributed by atoms with Crippen molar-refractivity contribution in [2.24, 2.45) is 7.05 Å². The van der Waals surface area contributed by atoms with Gasteiger partial charge in [0.15, 0.2) is 0 Å². The van der Waals surface area contributed by atoms with Crippen LogP contribution in [0.15, 0.2) is 41.6 Å². The SMILES string of the molecule is CCCNC(Cc1nccn1C)c1ccccc1SC. The molecule has 0 saturated heterocycles. The summed E-state index contributed by atoms with van der Waals surface area (Å²) in [6, 6.07) is 8.96. The van der Waals surface area contributed by atoms with E-state index < -0.39 is 0 Å². The fraction of sp³-hybridized carbons (Fsp3) is 0.438. The van der Waals surface area contributed by atoms with Gasteiger partial charge < -0.3 is 9.88 Å². The highest BCUT2D eigenvalue weighted by Gasteiger charge is 2.16. The monoisotopic (exact) mass is 289 g/mol. The molecule has 1 aromatic heterocycles. The number of hydrogen-bond acceptors (Lipinski definition) is 3. The Morgan fingerprint density at radius 2 is 2.15 bits per heavy atom. The second-order valence-corrected chi connectivity index (χ2v) is 5.76. The summed E-state index contributed by atoms with van der Waals surface area (Å²) >= 11 is 1.81. The third-order valence-corrected chi connectivity index (χ3v) is 4.27. The Bertz CT molecular complexity index is 536. The van der Waals surface area contributed by atoms with Gasteiger partial charge in [-0.2, -0.15) is 0 Å². The van der Waals surface area contributed by atoms with Crippen molar-refractivity contribution in [3.8, 4) is 0 Å². The third-order valence-electron chi connectivity index (χ3n) is 3.46. The van der Waals surface area contributed by atoms with Gasteiger partial charge in [0.25, 0.3) is 0 Å². The van der Waals surface area contributed by atoms with Crippen molar-refractivity contribution >= 4 is 11.8 Å². The van der Waals surface area contributed by atoms with Gasteiger partial charge in [0.2, 0.25) is 0 Å². The van der Waals surface area contributed by atoms with Gasteiger partial charge in [-0.1, -0.05) is 25.1 Å². The Labute approximate surface area is 125 Å². The van der Waals surface area contributed by atoms with E-state index in [2.05, 4.69) is 59.4 Å². The number of aromatic nitrogens is 2. The molecule has 4 heteroatoms. The quantitative estimate of drug-likeness (QED) is 0.792. The number of hydrogen-bond donors (Lipinski definition) is 1. The number of aryl methyl sites for hydroxylation is 1. The summed E-state index contributed by atoms with van der Waals surface area (Å²) in [7, 11) is 2.06. The molecule has 1 unspecified atom stereocenters. The molecule has 3 nitrogen and oxygen atoms in total. The van der Waals surface area contributed by atoms with Crippen molar-refractivity contribution in [2.45, 2.75) is 30.7 Å². The Hall–Kier alpha value is -1.26. The molecular formula is C16H23N3S. The van der Waals surface area contributed by atoms with Crippen LogP contribution in [-0.2, 0) is 13.5 Å². The topological polar surface area (TPSA) is 29.9 Å². The van der Waals surface area contributed by atoms with Crippen LogP contribution in [0.5, 0.6) is 0 Å². The van der Waals surface area contributed by atoms with E-state index in [-0.39, 0.29) is 0 Å². The number of nitrogens with zero attached hydrogens (tertiary/aromatic N) is 2. The van der Waals surface area contributed by atoms with Crippen LogP contribution in [-0.4, -0.2) is 22.4 Å². The van der Waals surface area contributed by atoms with Crippen molar-refractivity contribution in [1.29, 1.82) is 0 Å². The molecule has 0 spiro atoms. The first-order valence-corrected chi connectivity index (χ1v) is 8.31. The fourth-order valence-corrected chi connectivity index (χ4v) is 3.00. The molecule has 0 aliphatic carbocycles. The molecule has 20 heavy (non-hydrogen) atoms. The lowest BCUT2D eigenvalue weighted by Gasteiger charge is -2.21. The van der Waals surface area contributed by atoms with Crippen LogP contribution in [0, 0.1) is 0 Å². The molecule has 0 amide bonds. The molecule has 0 radical (unpaired) electrons. The van der Waals surface area contributed by atoms with E-state index in [1.54, 1.807) is 11.8 Å². The molecule has 2 rings (SSSR count). The summed E-state index contributed by atoms with van der Waals surface area (Å²) in [5.74, 6) is 1.12. The summed E-state index contributed by atoms with van der Waals surface area (Å²) < 4.78 is 2.10. The highest BCUT2D eigenvalue weighted by Crippen LogP contribution is 2.27. The Morgan fingerprint density at radius 1 is 1.35 bits per heavy atom. The van der Waals surface area contributed by atoms with Gasteiger partial charge in [0.05, 0.1) is 0 Å². The normalized spacial score (nSPS) is 12.6. The van der Waals surface area contributed by atoms with Gasteiger partial charge in [0, 0.05) is 36.8 Å². The lowest BCUT2D eigenvalue weighted by molar-refractivity contribution is 0.506. The van der Waals surface area contributed by atoms with Gasteiger partial charge in [-0.3, -0.25) is 0 Å². The number of thioether (sulfide) groups is 1. The Balaban J connectivity index is 2.24. The van der Waals surface area contributed by atoms with E-state index in [1.807, 2.05) is 12.4 Å². The molecule has 0 bridgehead atoms. The molecule has 1 heterocycles. The average molecular weight is 289 g/mol. The zero-order valence-corrected chi connectivity index (χ0v) is 13.3. The number of imidazole rings is 1. The minimum absolute atomic E-state index is 0.319. The van der Waals surface area contributed by atoms with E-state index in [9.17, 15) is 0 Å². The largest absolute Gasteiger partial charge is 0.338 e. The van der Waals surface area contributed by atoms with Crippen molar-refractivity contribution < 1.29 is 0 Å². The summed E-state index contributed by atoms with van der Waals surface area (Å²) in [4.78, 5) is 5.80. The molecule has 0 aliphatic heterocycles. The number of rotatable bonds is 7. The Morgan fingerprint density at radius 3 is 2.80 bits per heavy atom. The molecule has 2 aromatic rings. The maximum atomic E-state index is 4.46. The van der Waals surface area contributed by atoms with E-state index in [0.29, 0.717) is 6.04 Å². The summed E-state index contributed by atoms with van der Waals surface area (Å²) in [5, 5.41) is 3.66. The lowest BCUT2D eigenvalue weighted by Crippen LogP contribution is -2.25. The minimum Gasteiger partial charge on any atom is -0.338 e. The van der Waals surface area contributed by atoms with Gasteiger partial charge in [-0.15, -0.1) is 11.8 Å². The highest BCUT2D eigenvalue weighted by molar-refractivity contribution is 7.98. The molecule has 0 saturated carbocycles. The van der Waals surface area contributed by atoms with Crippen LogP contribution < -0.4 is 5.32 Å². The second kappa shape index (κ2) is 7.50. The predicted octanol–water partition coefficient (Wildman–Crippen LogP) is 3.43. The summed E-state index contributed by atoms with van der Waals surface area (Å²) in [5.41, 5.74) is 1.37. The van der Waals surface area contributed by atoms with Gasteiger partial charge >= 0.3 is 0 Å². The first-order valence-electron chi connectivity index (χ1n) is 7.08. The van der Waals surface area contributed by atoms with E-state index in [1.165, 1.54) is 10.5 Å². The summed E-state index contributed by atoms with van der Waals surface area (Å²) in [6.07, 6.45) is 8.06. The van der Waals surface area contributed by atoms with Crippen molar-refractivity contribution in [1.82, 2.24) is 14.9 Å². The molecule has 0 aliphatic rings. The first-order chi connectivity index (χ1) is 9.76. The first kappa shape index (κ1) is 15.1. The van der Waals surface area contributed by atoms with Crippen LogP contribution in [0.25, 0.3) is 0 Å². The van der Waals surface area contributed by atoms with E-state index in [4.69, 9.17) is 0 Å². The molecule has 1 aromatic carbocycles. The lowest BCUT2D eigenvalue weighted by atomic mass is 10.0. The molecule has 1 atom stereocenters. The van der Waals surface area contributed by atoms with Crippen LogP contribution in [0.4, 0.5) is 0 Å². The van der Waals surface area contributed by atoms with Crippen LogP contribution in [0.2, 0.25) is 0 Å². The summed E-state index contributed by atoms with van der Waals surface area (Å²) in [6.45, 7) is 3.23. The smallest absolute Gasteiger partial charge is 0.110 e. The predicted molar refractivity (Wildman–Crippen MR) is 86.2 cm³/mol. The van der Waals surface area contributed by atoms with Crippen molar-refractivity contribution in [3.63, 3.8) is 0 Å².